The number of carbonyl (C=O) groups is 1. The van der Waals surface area contributed by atoms with Gasteiger partial charge in [-0.25, -0.2) is 4.79 Å². The maximum absolute atomic E-state index is 12.2. The lowest BCUT2D eigenvalue weighted by molar-refractivity contribution is -0.918. The SMILES string of the molecule is C=CC[N+](CCCC)(CCCC)CC(=C)C(=O)OC(C)(C)C. The van der Waals surface area contributed by atoms with Crippen molar-refractivity contribution in [2.75, 3.05) is 26.2 Å². The summed E-state index contributed by atoms with van der Waals surface area (Å²) in [6.45, 7) is 21.6. The van der Waals surface area contributed by atoms with Crippen molar-refractivity contribution in [1.29, 1.82) is 0 Å². The molecule has 3 nitrogen and oxygen atoms in total. The fourth-order valence-electron chi connectivity index (χ4n) is 2.60. The van der Waals surface area contributed by atoms with Gasteiger partial charge in [0.2, 0.25) is 0 Å². The zero-order chi connectivity index (χ0) is 17.2. The molecule has 0 saturated heterocycles. The third-order valence-electron chi connectivity index (χ3n) is 3.70. The Kier molecular flexibility index (Phi) is 9.34. The summed E-state index contributed by atoms with van der Waals surface area (Å²) in [7, 11) is 0. The van der Waals surface area contributed by atoms with Gasteiger partial charge in [0, 0.05) is 0 Å². The molecule has 0 aromatic heterocycles. The molecule has 0 aromatic carbocycles. The van der Waals surface area contributed by atoms with Gasteiger partial charge in [-0.2, -0.15) is 0 Å². The number of esters is 1. The summed E-state index contributed by atoms with van der Waals surface area (Å²) in [6, 6.07) is 0. The molecule has 0 aliphatic carbocycles. The highest BCUT2D eigenvalue weighted by molar-refractivity contribution is 5.88. The van der Waals surface area contributed by atoms with Crippen LogP contribution in [0, 0.1) is 0 Å². The minimum Gasteiger partial charge on any atom is -0.456 e. The lowest BCUT2D eigenvalue weighted by atomic mass is 10.1. The van der Waals surface area contributed by atoms with Crippen LogP contribution in [-0.4, -0.2) is 42.2 Å². The minimum absolute atomic E-state index is 0.271. The smallest absolute Gasteiger partial charge is 0.339 e. The lowest BCUT2D eigenvalue weighted by Gasteiger charge is -2.38. The molecule has 0 rings (SSSR count). The second-order valence-corrected chi connectivity index (χ2v) is 7.23. The average molecular weight is 311 g/mol. The fourth-order valence-corrected chi connectivity index (χ4v) is 2.60. The number of nitrogens with zero attached hydrogens (tertiary/aromatic N) is 1. The van der Waals surface area contributed by atoms with Crippen molar-refractivity contribution in [2.45, 2.75) is 65.9 Å². The zero-order valence-electron chi connectivity index (χ0n) is 15.4. The number of ether oxygens (including phenoxy) is 1. The second-order valence-electron chi connectivity index (χ2n) is 7.23. The molecule has 3 heteroatoms. The van der Waals surface area contributed by atoms with Gasteiger partial charge >= 0.3 is 5.97 Å². The molecule has 0 spiro atoms. The molecule has 0 aliphatic heterocycles. The van der Waals surface area contributed by atoms with E-state index in [-0.39, 0.29) is 5.97 Å². The van der Waals surface area contributed by atoms with Gasteiger partial charge in [0.15, 0.2) is 0 Å². The summed E-state index contributed by atoms with van der Waals surface area (Å²) >= 11 is 0. The van der Waals surface area contributed by atoms with E-state index in [1.807, 2.05) is 26.8 Å². The number of hydrogen-bond donors (Lipinski definition) is 0. The number of carbonyl (C=O) groups excluding carboxylic acids is 1. The van der Waals surface area contributed by atoms with Crippen LogP contribution in [0.5, 0.6) is 0 Å². The standard InChI is InChI=1S/C19H36NO2/c1-8-11-14-20(13-10-3,15-12-9-2)16-17(4)18(21)22-19(5,6)7/h10H,3-4,8-9,11-16H2,1-2,5-7H3/q+1. The van der Waals surface area contributed by atoms with Crippen molar-refractivity contribution < 1.29 is 14.0 Å². The number of unbranched alkanes of at least 4 members (excludes halogenated alkanes) is 2. The maximum Gasteiger partial charge on any atom is 0.339 e. The molecular formula is C19H36NO2+. The van der Waals surface area contributed by atoms with Crippen LogP contribution in [0.15, 0.2) is 24.8 Å². The highest BCUT2D eigenvalue weighted by Crippen LogP contribution is 2.18. The molecule has 0 radical (unpaired) electrons. The van der Waals surface area contributed by atoms with Gasteiger partial charge in [-0.05, 0) is 39.7 Å². The Balaban J connectivity index is 5.02. The number of hydrogen-bond acceptors (Lipinski definition) is 2. The Morgan fingerprint density at radius 2 is 1.64 bits per heavy atom. The van der Waals surface area contributed by atoms with Crippen molar-refractivity contribution >= 4 is 5.97 Å². The first-order chi connectivity index (χ1) is 10.2. The molecule has 0 unspecified atom stereocenters. The van der Waals surface area contributed by atoms with Crippen LogP contribution in [-0.2, 0) is 9.53 Å². The molecule has 0 aromatic rings. The van der Waals surface area contributed by atoms with E-state index in [0.29, 0.717) is 12.1 Å². The van der Waals surface area contributed by atoms with Crippen molar-refractivity contribution in [3.05, 3.63) is 24.8 Å². The Morgan fingerprint density at radius 1 is 1.14 bits per heavy atom. The van der Waals surface area contributed by atoms with Crippen molar-refractivity contribution in [1.82, 2.24) is 0 Å². The van der Waals surface area contributed by atoms with Gasteiger partial charge in [0.25, 0.3) is 0 Å². The van der Waals surface area contributed by atoms with E-state index < -0.39 is 5.60 Å². The first kappa shape index (κ1) is 20.9. The molecule has 0 heterocycles. The van der Waals surface area contributed by atoms with E-state index >= 15 is 0 Å². The molecule has 0 aliphatic rings. The van der Waals surface area contributed by atoms with Crippen LogP contribution >= 0.6 is 0 Å². The van der Waals surface area contributed by atoms with E-state index in [4.69, 9.17) is 4.74 Å². The lowest BCUT2D eigenvalue weighted by Crippen LogP contribution is -2.51. The van der Waals surface area contributed by atoms with Crippen LogP contribution in [0.25, 0.3) is 0 Å². The van der Waals surface area contributed by atoms with Crippen LogP contribution in [0.4, 0.5) is 0 Å². The molecule has 0 atom stereocenters. The third-order valence-corrected chi connectivity index (χ3v) is 3.70. The molecular weight excluding hydrogens is 274 g/mol. The van der Waals surface area contributed by atoms with Crippen LogP contribution in [0.3, 0.4) is 0 Å². The van der Waals surface area contributed by atoms with Crippen LogP contribution in [0.1, 0.15) is 60.3 Å². The van der Waals surface area contributed by atoms with E-state index in [0.717, 1.165) is 49.8 Å². The molecule has 0 N–H and O–H groups in total. The Labute approximate surface area is 137 Å². The maximum atomic E-state index is 12.2. The summed E-state index contributed by atoms with van der Waals surface area (Å²) in [4.78, 5) is 12.2. The molecule has 0 amide bonds. The highest BCUT2D eigenvalue weighted by atomic mass is 16.6. The minimum atomic E-state index is -0.471. The monoisotopic (exact) mass is 310 g/mol. The third kappa shape index (κ3) is 8.38. The quantitative estimate of drug-likeness (QED) is 0.243. The number of quaternary nitrogens is 1. The average Bonchev–Trinajstić information content (AvgIpc) is 2.41. The summed E-state index contributed by atoms with van der Waals surface area (Å²) in [5.74, 6) is -0.271. The summed E-state index contributed by atoms with van der Waals surface area (Å²) in [5, 5.41) is 0. The van der Waals surface area contributed by atoms with E-state index in [1.54, 1.807) is 0 Å². The zero-order valence-corrected chi connectivity index (χ0v) is 15.4. The molecule has 0 fully saturated rings. The largest absolute Gasteiger partial charge is 0.456 e. The van der Waals surface area contributed by atoms with Crippen molar-refractivity contribution in [2.24, 2.45) is 0 Å². The van der Waals surface area contributed by atoms with E-state index in [1.165, 1.54) is 0 Å². The summed E-state index contributed by atoms with van der Waals surface area (Å²) < 4.78 is 6.32. The second kappa shape index (κ2) is 9.83. The molecule has 22 heavy (non-hydrogen) atoms. The fraction of sp³-hybridized carbons (Fsp3) is 0.737. The van der Waals surface area contributed by atoms with Crippen LogP contribution in [0.2, 0.25) is 0 Å². The first-order valence-corrected chi connectivity index (χ1v) is 8.57. The van der Waals surface area contributed by atoms with Gasteiger partial charge in [-0.15, -0.1) is 0 Å². The first-order valence-electron chi connectivity index (χ1n) is 8.57. The topological polar surface area (TPSA) is 26.3 Å². The molecule has 128 valence electrons. The summed E-state index contributed by atoms with van der Waals surface area (Å²) in [5.41, 5.74) is 0.102. The van der Waals surface area contributed by atoms with Gasteiger partial charge in [-0.3, -0.25) is 0 Å². The highest BCUT2D eigenvalue weighted by Gasteiger charge is 2.30. The van der Waals surface area contributed by atoms with Gasteiger partial charge in [0.1, 0.15) is 12.1 Å². The van der Waals surface area contributed by atoms with Gasteiger partial charge in [0.05, 0.1) is 25.2 Å². The van der Waals surface area contributed by atoms with Crippen molar-refractivity contribution in [3.8, 4) is 0 Å². The van der Waals surface area contributed by atoms with E-state index in [9.17, 15) is 4.79 Å². The Hall–Kier alpha value is -1.09. The Bertz CT molecular complexity index is 358. The van der Waals surface area contributed by atoms with Crippen LogP contribution < -0.4 is 0 Å². The predicted octanol–water partition coefficient (Wildman–Crippen LogP) is 4.49. The van der Waals surface area contributed by atoms with Gasteiger partial charge < -0.3 is 9.22 Å². The predicted molar refractivity (Wildman–Crippen MR) is 94.7 cm³/mol. The van der Waals surface area contributed by atoms with Crippen molar-refractivity contribution in [3.63, 3.8) is 0 Å². The Morgan fingerprint density at radius 3 is 2.00 bits per heavy atom. The normalized spacial score (nSPS) is 12.0. The van der Waals surface area contributed by atoms with Gasteiger partial charge in [-0.1, -0.05) is 39.8 Å². The summed E-state index contributed by atoms with van der Waals surface area (Å²) in [6.07, 6.45) is 6.58. The number of rotatable bonds is 11. The molecule has 0 saturated carbocycles. The van der Waals surface area contributed by atoms with E-state index in [2.05, 4.69) is 27.0 Å². The molecule has 0 bridgehead atoms.